The van der Waals surface area contributed by atoms with E-state index in [2.05, 4.69) is 20.2 Å². The Bertz CT molecular complexity index is 792. The number of aromatic nitrogens is 2. The monoisotopic (exact) mass is 397 g/mol. The van der Waals surface area contributed by atoms with Gasteiger partial charge in [0, 0.05) is 38.6 Å². The molecule has 2 amide bonds. The van der Waals surface area contributed by atoms with Crippen LogP contribution in [0.15, 0.2) is 48.8 Å². The van der Waals surface area contributed by atoms with Gasteiger partial charge in [-0.3, -0.25) is 9.59 Å². The molecule has 1 aromatic heterocycles. The van der Waals surface area contributed by atoms with Crippen molar-refractivity contribution >= 4 is 17.8 Å². The average molecular weight is 397 g/mol. The molecule has 0 spiro atoms. The highest BCUT2D eigenvalue weighted by atomic mass is 16.5. The van der Waals surface area contributed by atoms with Crippen molar-refractivity contribution in [2.75, 3.05) is 37.7 Å². The molecule has 1 saturated heterocycles. The number of carbonyl (C=O) groups is 2. The summed E-state index contributed by atoms with van der Waals surface area (Å²) in [5, 5.41) is 2.83. The lowest BCUT2D eigenvalue weighted by atomic mass is 10.0. The van der Waals surface area contributed by atoms with Crippen molar-refractivity contribution in [1.29, 1.82) is 0 Å². The summed E-state index contributed by atoms with van der Waals surface area (Å²) in [6.45, 7) is 6.17. The summed E-state index contributed by atoms with van der Waals surface area (Å²) in [7, 11) is 0. The van der Waals surface area contributed by atoms with E-state index in [0.717, 1.165) is 0 Å². The molecule has 0 radical (unpaired) electrons. The Morgan fingerprint density at radius 2 is 1.69 bits per heavy atom. The molecule has 1 aliphatic rings. The first kappa shape index (κ1) is 20.6. The fraction of sp³-hybridized carbons (Fsp3) is 0.429. The van der Waals surface area contributed by atoms with Gasteiger partial charge < -0.3 is 19.9 Å². The Morgan fingerprint density at radius 1 is 1.03 bits per heavy atom. The summed E-state index contributed by atoms with van der Waals surface area (Å²) in [5.41, 5.74) is 0. The lowest BCUT2D eigenvalue weighted by Gasteiger charge is -2.37. The fourth-order valence-electron chi connectivity index (χ4n) is 3.17. The van der Waals surface area contributed by atoms with E-state index in [1.165, 1.54) is 0 Å². The van der Waals surface area contributed by atoms with Crippen molar-refractivity contribution in [2.45, 2.75) is 19.9 Å². The standard InChI is InChI=1S/C21H27N5O3/c1-16(2)19(24-18(27)15-29-17-7-4-3-5-8-17)20(28)25-11-13-26(14-12-25)21-22-9-6-10-23-21/h3-10,16,19H,11-15H2,1-2H3,(H,24,27)/t19-/m1/s1. The van der Waals surface area contributed by atoms with Crippen molar-refractivity contribution < 1.29 is 14.3 Å². The SMILES string of the molecule is CC(C)[C@@H](NC(=O)COc1ccccc1)C(=O)N1CCN(c2ncccn2)CC1. The van der Waals surface area contributed by atoms with Crippen LogP contribution in [0, 0.1) is 5.92 Å². The zero-order valence-corrected chi connectivity index (χ0v) is 16.8. The molecule has 1 aliphatic heterocycles. The van der Waals surface area contributed by atoms with Gasteiger partial charge in [0.05, 0.1) is 0 Å². The van der Waals surface area contributed by atoms with Gasteiger partial charge in [-0.25, -0.2) is 9.97 Å². The molecule has 1 atom stereocenters. The number of hydrogen-bond donors (Lipinski definition) is 1. The minimum Gasteiger partial charge on any atom is -0.484 e. The maximum Gasteiger partial charge on any atom is 0.258 e. The van der Waals surface area contributed by atoms with Crippen molar-refractivity contribution in [1.82, 2.24) is 20.2 Å². The van der Waals surface area contributed by atoms with Crippen molar-refractivity contribution in [2.24, 2.45) is 5.92 Å². The molecule has 1 fully saturated rings. The largest absolute Gasteiger partial charge is 0.484 e. The summed E-state index contributed by atoms with van der Waals surface area (Å²) < 4.78 is 5.48. The van der Waals surface area contributed by atoms with Gasteiger partial charge in [0.1, 0.15) is 11.8 Å². The smallest absolute Gasteiger partial charge is 0.258 e. The normalized spacial score (nSPS) is 15.1. The molecule has 8 nitrogen and oxygen atoms in total. The number of carbonyl (C=O) groups excluding carboxylic acids is 2. The highest BCUT2D eigenvalue weighted by Crippen LogP contribution is 2.13. The maximum absolute atomic E-state index is 13.0. The van der Waals surface area contributed by atoms with E-state index >= 15 is 0 Å². The number of piperazine rings is 1. The van der Waals surface area contributed by atoms with Crippen molar-refractivity contribution in [3.05, 3.63) is 48.8 Å². The number of rotatable bonds is 7. The molecule has 2 heterocycles. The number of benzene rings is 1. The van der Waals surface area contributed by atoms with Crippen LogP contribution < -0.4 is 15.0 Å². The van der Waals surface area contributed by atoms with E-state index < -0.39 is 6.04 Å². The second-order valence-electron chi connectivity index (χ2n) is 7.25. The molecule has 3 rings (SSSR count). The Hall–Kier alpha value is -3.16. The molecule has 0 saturated carbocycles. The predicted octanol–water partition coefficient (Wildman–Crippen LogP) is 1.34. The highest BCUT2D eigenvalue weighted by Gasteiger charge is 2.31. The van der Waals surface area contributed by atoms with Gasteiger partial charge in [0.25, 0.3) is 5.91 Å². The molecule has 29 heavy (non-hydrogen) atoms. The third-order valence-corrected chi connectivity index (χ3v) is 4.79. The highest BCUT2D eigenvalue weighted by molar-refractivity contribution is 5.88. The summed E-state index contributed by atoms with van der Waals surface area (Å²) in [4.78, 5) is 37.7. The molecular weight excluding hydrogens is 370 g/mol. The van der Waals surface area contributed by atoms with Gasteiger partial charge in [0.15, 0.2) is 6.61 Å². The molecule has 154 valence electrons. The van der Waals surface area contributed by atoms with Gasteiger partial charge in [0.2, 0.25) is 11.9 Å². The van der Waals surface area contributed by atoms with Crippen LogP contribution in [0.1, 0.15) is 13.8 Å². The van der Waals surface area contributed by atoms with Gasteiger partial charge in [-0.1, -0.05) is 32.0 Å². The Kier molecular flexibility index (Phi) is 6.99. The van der Waals surface area contributed by atoms with Crippen LogP contribution in [-0.4, -0.2) is 65.5 Å². The quantitative estimate of drug-likeness (QED) is 0.759. The second kappa shape index (κ2) is 9.86. The first-order valence-corrected chi connectivity index (χ1v) is 9.82. The third-order valence-electron chi connectivity index (χ3n) is 4.79. The van der Waals surface area contributed by atoms with E-state index in [4.69, 9.17) is 4.74 Å². The zero-order chi connectivity index (χ0) is 20.6. The number of nitrogens with zero attached hydrogens (tertiary/aromatic N) is 4. The number of para-hydroxylation sites is 1. The molecule has 0 unspecified atom stereocenters. The zero-order valence-electron chi connectivity index (χ0n) is 16.8. The van der Waals surface area contributed by atoms with Gasteiger partial charge >= 0.3 is 0 Å². The number of anilines is 1. The van der Waals surface area contributed by atoms with Crippen molar-refractivity contribution in [3.8, 4) is 5.75 Å². The Balaban J connectivity index is 1.52. The molecule has 8 heteroatoms. The molecule has 1 aromatic carbocycles. The van der Waals surface area contributed by atoms with Crippen LogP contribution in [-0.2, 0) is 9.59 Å². The minimum absolute atomic E-state index is 0.0290. The summed E-state index contributed by atoms with van der Waals surface area (Å²) >= 11 is 0. The van der Waals surface area contributed by atoms with Crippen LogP contribution in [0.25, 0.3) is 0 Å². The maximum atomic E-state index is 13.0. The van der Waals surface area contributed by atoms with Crippen LogP contribution in [0.2, 0.25) is 0 Å². The lowest BCUT2D eigenvalue weighted by molar-refractivity contribution is -0.138. The topological polar surface area (TPSA) is 87.7 Å². The fourth-order valence-corrected chi connectivity index (χ4v) is 3.17. The number of ether oxygens (including phenoxy) is 1. The molecular formula is C21H27N5O3. The summed E-state index contributed by atoms with van der Waals surface area (Å²) in [5.74, 6) is 0.887. The van der Waals surface area contributed by atoms with Crippen molar-refractivity contribution in [3.63, 3.8) is 0 Å². The molecule has 2 aromatic rings. The molecule has 1 N–H and O–H groups in total. The third kappa shape index (κ3) is 5.66. The van der Waals surface area contributed by atoms with Gasteiger partial charge in [-0.15, -0.1) is 0 Å². The predicted molar refractivity (Wildman–Crippen MR) is 110 cm³/mol. The molecule has 0 aliphatic carbocycles. The lowest BCUT2D eigenvalue weighted by Crippen LogP contribution is -2.57. The number of amides is 2. The first-order valence-electron chi connectivity index (χ1n) is 9.82. The van der Waals surface area contributed by atoms with E-state index in [9.17, 15) is 9.59 Å². The van der Waals surface area contributed by atoms with E-state index in [-0.39, 0.29) is 24.3 Å². The van der Waals surface area contributed by atoms with Crippen LogP contribution in [0.5, 0.6) is 5.75 Å². The Labute approximate surface area is 170 Å². The van der Waals surface area contributed by atoms with E-state index in [1.807, 2.05) is 32.0 Å². The average Bonchev–Trinajstić information content (AvgIpc) is 2.77. The van der Waals surface area contributed by atoms with Crippen LogP contribution in [0.4, 0.5) is 5.95 Å². The Morgan fingerprint density at radius 3 is 2.31 bits per heavy atom. The van der Waals surface area contributed by atoms with Gasteiger partial charge in [-0.2, -0.15) is 0 Å². The van der Waals surface area contributed by atoms with E-state index in [1.54, 1.807) is 35.5 Å². The number of nitrogens with one attached hydrogen (secondary N) is 1. The number of hydrogen-bond acceptors (Lipinski definition) is 6. The minimum atomic E-state index is -0.582. The van der Waals surface area contributed by atoms with Gasteiger partial charge in [-0.05, 0) is 24.1 Å². The summed E-state index contributed by atoms with van der Waals surface area (Å²) in [6, 6.07) is 10.3. The summed E-state index contributed by atoms with van der Waals surface area (Å²) in [6.07, 6.45) is 3.42. The first-order chi connectivity index (χ1) is 14.0. The van der Waals surface area contributed by atoms with E-state index in [0.29, 0.717) is 37.9 Å². The molecule has 0 bridgehead atoms. The van der Waals surface area contributed by atoms with Crippen LogP contribution >= 0.6 is 0 Å². The second-order valence-corrected chi connectivity index (χ2v) is 7.25. The van der Waals surface area contributed by atoms with Crippen LogP contribution in [0.3, 0.4) is 0 Å².